The first-order valence-electron chi connectivity index (χ1n) is 7.56. The molecular formula is C18H22N2. The Morgan fingerprint density at radius 2 is 1.70 bits per heavy atom. The molecule has 2 heteroatoms. The van der Waals surface area contributed by atoms with E-state index in [0.29, 0.717) is 6.04 Å². The number of likely N-dealkylation sites (tertiary alicyclic amines) is 1. The van der Waals surface area contributed by atoms with E-state index in [2.05, 4.69) is 53.2 Å². The fourth-order valence-corrected chi connectivity index (χ4v) is 3.03. The second kappa shape index (κ2) is 6.19. The van der Waals surface area contributed by atoms with E-state index in [-0.39, 0.29) is 0 Å². The van der Waals surface area contributed by atoms with E-state index in [0.717, 1.165) is 0 Å². The maximum atomic E-state index is 4.61. The molecule has 2 nitrogen and oxygen atoms in total. The molecule has 1 fully saturated rings. The van der Waals surface area contributed by atoms with Crippen LogP contribution in [0.1, 0.15) is 42.1 Å². The van der Waals surface area contributed by atoms with Gasteiger partial charge in [0.1, 0.15) is 0 Å². The molecule has 0 saturated carbocycles. The van der Waals surface area contributed by atoms with E-state index in [1.807, 2.05) is 12.3 Å². The molecule has 2 aromatic rings. The van der Waals surface area contributed by atoms with E-state index >= 15 is 0 Å². The number of piperidine rings is 1. The zero-order valence-corrected chi connectivity index (χ0v) is 12.1. The van der Waals surface area contributed by atoms with Crippen LogP contribution >= 0.6 is 0 Å². The molecule has 2 heterocycles. The zero-order chi connectivity index (χ0) is 13.8. The molecule has 1 saturated heterocycles. The summed E-state index contributed by atoms with van der Waals surface area (Å²) < 4.78 is 0. The van der Waals surface area contributed by atoms with Gasteiger partial charge in [-0.15, -0.1) is 0 Å². The standard InChI is InChI=1S/C18H22N2/c1-15-8-10-16(11-9-15)18(17-7-3-4-12-19-17)20-13-5-2-6-14-20/h3-4,7-12,18H,2,5-6,13-14H2,1H3. The van der Waals surface area contributed by atoms with Crippen LogP contribution < -0.4 is 0 Å². The van der Waals surface area contributed by atoms with Gasteiger partial charge in [0.25, 0.3) is 0 Å². The highest BCUT2D eigenvalue weighted by Crippen LogP contribution is 2.29. The predicted molar refractivity (Wildman–Crippen MR) is 82.7 cm³/mol. The Labute approximate surface area is 121 Å². The summed E-state index contributed by atoms with van der Waals surface area (Å²) in [6, 6.07) is 15.5. The van der Waals surface area contributed by atoms with E-state index in [4.69, 9.17) is 0 Å². The smallest absolute Gasteiger partial charge is 0.0776 e. The first-order chi connectivity index (χ1) is 9.84. The van der Waals surface area contributed by atoms with E-state index in [1.54, 1.807) is 0 Å². The molecule has 1 aromatic heterocycles. The van der Waals surface area contributed by atoms with Crippen LogP contribution in [0.4, 0.5) is 0 Å². The van der Waals surface area contributed by atoms with Crippen molar-refractivity contribution in [1.82, 2.24) is 9.88 Å². The Morgan fingerprint density at radius 1 is 0.950 bits per heavy atom. The van der Waals surface area contributed by atoms with E-state index in [9.17, 15) is 0 Å². The summed E-state index contributed by atoms with van der Waals surface area (Å²) in [6.45, 7) is 4.49. The molecule has 1 aromatic carbocycles. The van der Waals surface area contributed by atoms with Crippen LogP contribution in [-0.2, 0) is 0 Å². The van der Waals surface area contributed by atoms with Gasteiger partial charge in [-0.1, -0.05) is 42.3 Å². The largest absolute Gasteiger partial charge is 0.291 e. The molecule has 20 heavy (non-hydrogen) atoms. The van der Waals surface area contributed by atoms with Gasteiger partial charge >= 0.3 is 0 Å². The van der Waals surface area contributed by atoms with Crippen molar-refractivity contribution in [1.29, 1.82) is 0 Å². The third-order valence-corrected chi connectivity index (χ3v) is 4.12. The molecule has 0 spiro atoms. The number of aromatic nitrogens is 1. The van der Waals surface area contributed by atoms with Gasteiger partial charge in [-0.2, -0.15) is 0 Å². The predicted octanol–water partition coefficient (Wildman–Crippen LogP) is 3.97. The molecule has 1 atom stereocenters. The number of rotatable bonds is 3. The average molecular weight is 266 g/mol. The minimum absolute atomic E-state index is 0.303. The van der Waals surface area contributed by atoms with Gasteiger partial charge in [-0.05, 0) is 50.6 Å². The van der Waals surface area contributed by atoms with Crippen LogP contribution in [0.25, 0.3) is 0 Å². The van der Waals surface area contributed by atoms with E-state index in [1.165, 1.54) is 49.2 Å². The third-order valence-electron chi connectivity index (χ3n) is 4.12. The molecular weight excluding hydrogens is 244 g/mol. The fraction of sp³-hybridized carbons (Fsp3) is 0.389. The molecule has 1 unspecified atom stereocenters. The van der Waals surface area contributed by atoms with Crippen molar-refractivity contribution in [2.45, 2.75) is 32.2 Å². The van der Waals surface area contributed by atoms with Crippen LogP contribution in [0.3, 0.4) is 0 Å². The lowest BCUT2D eigenvalue weighted by Gasteiger charge is -2.34. The Kier molecular flexibility index (Phi) is 4.12. The maximum absolute atomic E-state index is 4.61. The second-order valence-corrected chi connectivity index (χ2v) is 5.66. The number of hydrogen-bond acceptors (Lipinski definition) is 2. The van der Waals surface area contributed by atoms with Gasteiger partial charge in [0.05, 0.1) is 11.7 Å². The normalized spacial score (nSPS) is 17.9. The molecule has 0 radical (unpaired) electrons. The summed E-state index contributed by atoms with van der Waals surface area (Å²) >= 11 is 0. The molecule has 3 rings (SSSR count). The second-order valence-electron chi connectivity index (χ2n) is 5.66. The monoisotopic (exact) mass is 266 g/mol. The highest BCUT2D eigenvalue weighted by molar-refractivity contribution is 5.30. The van der Waals surface area contributed by atoms with Crippen LogP contribution in [0.15, 0.2) is 48.7 Å². The summed E-state index contributed by atoms with van der Waals surface area (Å²) in [5.74, 6) is 0. The number of benzene rings is 1. The molecule has 0 N–H and O–H groups in total. The first-order valence-corrected chi connectivity index (χ1v) is 7.56. The number of aryl methyl sites for hydroxylation is 1. The van der Waals surface area contributed by atoms with Crippen LogP contribution in [0.2, 0.25) is 0 Å². The Bertz CT molecular complexity index is 527. The molecule has 0 amide bonds. The zero-order valence-electron chi connectivity index (χ0n) is 12.1. The lowest BCUT2D eigenvalue weighted by atomic mass is 9.97. The number of hydrogen-bond donors (Lipinski definition) is 0. The average Bonchev–Trinajstić information content (AvgIpc) is 2.52. The van der Waals surface area contributed by atoms with Gasteiger partial charge in [0.2, 0.25) is 0 Å². The van der Waals surface area contributed by atoms with Crippen LogP contribution in [0.5, 0.6) is 0 Å². The highest BCUT2D eigenvalue weighted by atomic mass is 15.2. The van der Waals surface area contributed by atoms with Gasteiger partial charge in [0, 0.05) is 6.20 Å². The van der Waals surface area contributed by atoms with Crippen LogP contribution in [0, 0.1) is 6.92 Å². The van der Waals surface area contributed by atoms with Crippen molar-refractivity contribution in [3.63, 3.8) is 0 Å². The Morgan fingerprint density at radius 3 is 2.35 bits per heavy atom. The van der Waals surface area contributed by atoms with Gasteiger partial charge in [-0.3, -0.25) is 9.88 Å². The minimum Gasteiger partial charge on any atom is -0.291 e. The van der Waals surface area contributed by atoms with Gasteiger partial charge in [0.15, 0.2) is 0 Å². The fourth-order valence-electron chi connectivity index (χ4n) is 3.03. The number of nitrogens with zero attached hydrogens (tertiary/aromatic N) is 2. The quantitative estimate of drug-likeness (QED) is 0.835. The van der Waals surface area contributed by atoms with Gasteiger partial charge < -0.3 is 0 Å². The summed E-state index contributed by atoms with van der Waals surface area (Å²) in [7, 11) is 0. The summed E-state index contributed by atoms with van der Waals surface area (Å²) in [5, 5.41) is 0. The highest BCUT2D eigenvalue weighted by Gasteiger charge is 2.24. The molecule has 1 aliphatic heterocycles. The number of pyridine rings is 1. The molecule has 1 aliphatic rings. The lowest BCUT2D eigenvalue weighted by molar-refractivity contribution is 0.184. The molecule has 0 aliphatic carbocycles. The SMILES string of the molecule is Cc1ccc(C(c2ccccn2)N2CCCCC2)cc1. The van der Waals surface area contributed by atoms with Crippen LogP contribution in [-0.4, -0.2) is 23.0 Å². The van der Waals surface area contributed by atoms with Crippen molar-refractivity contribution in [2.75, 3.05) is 13.1 Å². The Hall–Kier alpha value is -1.67. The minimum atomic E-state index is 0.303. The third kappa shape index (κ3) is 2.91. The van der Waals surface area contributed by atoms with E-state index < -0.39 is 0 Å². The van der Waals surface area contributed by atoms with Crippen molar-refractivity contribution < 1.29 is 0 Å². The molecule has 104 valence electrons. The first kappa shape index (κ1) is 13.3. The van der Waals surface area contributed by atoms with Gasteiger partial charge in [-0.25, -0.2) is 0 Å². The topological polar surface area (TPSA) is 16.1 Å². The van der Waals surface area contributed by atoms with Crippen molar-refractivity contribution in [2.24, 2.45) is 0 Å². The maximum Gasteiger partial charge on any atom is 0.0776 e. The van der Waals surface area contributed by atoms with Crippen molar-refractivity contribution >= 4 is 0 Å². The summed E-state index contributed by atoms with van der Waals surface area (Å²) in [5.41, 5.74) is 3.83. The van der Waals surface area contributed by atoms with Crippen molar-refractivity contribution in [3.8, 4) is 0 Å². The molecule has 0 bridgehead atoms. The summed E-state index contributed by atoms with van der Waals surface area (Å²) in [6.07, 6.45) is 5.87. The summed E-state index contributed by atoms with van der Waals surface area (Å²) in [4.78, 5) is 7.19. The van der Waals surface area contributed by atoms with Crippen molar-refractivity contribution in [3.05, 3.63) is 65.5 Å². The Balaban J connectivity index is 1.96. The lowest BCUT2D eigenvalue weighted by Crippen LogP contribution is -2.34.